The first-order valence-electron chi connectivity index (χ1n) is 4.89. The smallest absolute Gasteiger partial charge is 0.339 e. The summed E-state index contributed by atoms with van der Waals surface area (Å²) in [6.07, 6.45) is 0. The number of carboxylic acids is 1. The summed E-state index contributed by atoms with van der Waals surface area (Å²) in [7, 11) is 3.27. The summed E-state index contributed by atoms with van der Waals surface area (Å²) in [4.78, 5) is 24.3. The van der Waals surface area contributed by atoms with Gasteiger partial charge in [-0.1, -0.05) is 0 Å². The van der Waals surface area contributed by atoms with Gasteiger partial charge in [-0.05, 0) is 34.9 Å². The number of rotatable bonds is 4. The van der Waals surface area contributed by atoms with Gasteiger partial charge in [-0.15, -0.1) is 0 Å². The molecule has 3 N–H and O–H groups in total. The van der Waals surface area contributed by atoms with Crippen LogP contribution in [0.3, 0.4) is 0 Å². The summed E-state index contributed by atoms with van der Waals surface area (Å²) in [6.45, 7) is 4.85. The first kappa shape index (κ1) is 14.9. The molecule has 0 fully saturated rings. The molecule has 16 heavy (non-hydrogen) atoms. The predicted molar refractivity (Wildman–Crippen MR) is 59.0 cm³/mol. The zero-order chi connectivity index (χ0) is 13.1. The highest BCUT2D eigenvalue weighted by Crippen LogP contribution is 2.14. The summed E-state index contributed by atoms with van der Waals surface area (Å²) < 4.78 is 4.99. The van der Waals surface area contributed by atoms with Crippen molar-refractivity contribution in [1.82, 2.24) is 4.90 Å². The Morgan fingerprint density at radius 3 is 2.00 bits per heavy atom. The standard InChI is InChI=1S/C10H20N2O4/c1-9(2,3)16-8(15)10(11,7(13)14)6-12(4)5/h6,11H2,1-5H3,(H,13,14). The number of nitrogens with zero attached hydrogens (tertiary/aromatic N) is 1. The van der Waals surface area contributed by atoms with E-state index in [0.717, 1.165) is 0 Å². The van der Waals surface area contributed by atoms with Crippen molar-refractivity contribution < 1.29 is 19.4 Å². The van der Waals surface area contributed by atoms with Crippen LogP contribution in [0.25, 0.3) is 0 Å². The molecule has 6 nitrogen and oxygen atoms in total. The van der Waals surface area contributed by atoms with E-state index >= 15 is 0 Å². The van der Waals surface area contributed by atoms with Crippen LogP contribution in [0.4, 0.5) is 0 Å². The average Bonchev–Trinajstić information content (AvgIpc) is 1.98. The maximum Gasteiger partial charge on any atom is 0.339 e. The molecule has 0 rings (SSSR count). The van der Waals surface area contributed by atoms with Crippen LogP contribution in [0.15, 0.2) is 0 Å². The molecule has 0 saturated carbocycles. The van der Waals surface area contributed by atoms with Gasteiger partial charge < -0.3 is 20.5 Å². The van der Waals surface area contributed by atoms with E-state index in [1.165, 1.54) is 4.90 Å². The van der Waals surface area contributed by atoms with E-state index in [2.05, 4.69) is 0 Å². The van der Waals surface area contributed by atoms with Crippen LogP contribution >= 0.6 is 0 Å². The first-order valence-corrected chi connectivity index (χ1v) is 4.89. The second kappa shape index (κ2) is 4.80. The third-order valence-corrected chi connectivity index (χ3v) is 1.71. The van der Waals surface area contributed by atoms with Crippen LogP contribution in [0, 0.1) is 0 Å². The number of aliphatic carboxylic acids is 1. The SMILES string of the molecule is CN(C)CC(N)(C(=O)O)C(=O)OC(C)(C)C. The zero-order valence-electron chi connectivity index (χ0n) is 10.4. The van der Waals surface area contributed by atoms with Gasteiger partial charge in [0.05, 0.1) is 0 Å². The number of carbonyl (C=O) groups is 2. The molecule has 0 bridgehead atoms. The molecule has 0 radical (unpaired) electrons. The van der Waals surface area contributed by atoms with Crippen LogP contribution in [-0.4, -0.2) is 53.7 Å². The maximum atomic E-state index is 11.7. The molecule has 6 heteroatoms. The third kappa shape index (κ3) is 4.16. The van der Waals surface area contributed by atoms with Gasteiger partial charge in [-0.25, -0.2) is 9.59 Å². The van der Waals surface area contributed by atoms with E-state index in [4.69, 9.17) is 15.6 Å². The Hall–Kier alpha value is -1.14. The summed E-state index contributed by atoms with van der Waals surface area (Å²) in [5, 5.41) is 9.00. The van der Waals surface area contributed by atoms with Gasteiger partial charge in [-0.2, -0.15) is 0 Å². The average molecular weight is 232 g/mol. The highest BCUT2D eigenvalue weighted by molar-refractivity contribution is 6.04. The number of carboxylic acid groups (broad SMARTS) is 1. The monoisotopic (exact) mass is 232 g/mol. The lowest BCUT2D eigenvalue weighted by atomic mass is 10.0. The Bertz CT molecular complexity index is 283. The van der Waals surface area contributed by atoms with Crippen LogP contribution in [0.5, 0.6) is 0 Å². The molecule has 0 heterocycles. The zero-order valence-corrected chi connectivity index (χ0v) is 10.4. The molecular weight excluding hydrogens is 212 g/mol. The van der Waals surface area contributed by atoms with E-state index in [1.54, 1.807) is 34.9 Å². The molecule has 1 atom stereocenters. The number of ether oxygens (including phenoxy) is 1. The van der Waals surface area contributed by atoms with E-state index in [9.17, 15) is 9.59 Å². The first-order chi connectivity index (χ1) is 6.99. The Kier molecular flexibility index (Phi) is 4.45. The summed E-state index contributed by atoms with van der Waals surface area (Å²) in [6, 6.07) is 0. The van der Waals surface area contributed by atoms with Crippen molar-refractivity contribution in [2.24, 2.45) is 5.73 Å². The maximum absolute atomic E-state index is 11.7. The van der Waals surface area contributed by atoms with Gasteiger partial charge in [0.15, 0.2) is 0 Å². The second-order valence-electron chi connectivity index (χ2n) is 5.02. The van der Waals surface area contributed by atoms with Crippen molar-refractivity contribution in [3.05, 3.63) is 0 Å². The van der Waals surface area contributed by atoms with Crippen molar-refractivity contribution in [2.45, 2.75) is 31.9 Å². The van der Waals surface area contributed by atoms with Crippen molar-refractivity contribution in [2.75, 3.05) is 20.6 Å². The van der Waals surface area contributed by atoms with Crippen LogP contribution in [0.2, 0.25) is 0 Å². The second-order valence-corrected chi connectivity index (χ2v) is 5.02. The van der Waals surface area contributed by atoms with Crippen LogP contribution in [0.1, 0.15) is 20.8 Å². The number of carbonyl (C=O) groups excluding carboxylic acids is 1. The molecular formula is C10H20N2O4. The minimum Gasteiger partial charge on any atom is -0.479 e. The topological polar surface area (TPSA) is 92.9 Å². The van der Waals surface area contributed by atoms with Gasteiger partial charge in [0.1, 0.15) is 5.60 Å². The van der Waals surface area contributed by atoms with Crippen molar-refractivity contribution in [3.63, 3.8) is 0 Å². The van der Waals surface area contributed by atoms with E-state index in [0.29, 0.717) is 0 Å². The molecule has 0 aromatic heterocycles. The number of hydrogen-bond donors (Lipinski definition) is 2. The summed E-state index contributed by atoms with van der Waals surface area (Å²) in [5.74, 6) is -2.32. The number of likely N-dealkylation sites (N-methyl/N-ethyl adjacent to an activating group) is 1. The Balaban J connectivity index is 4.92. The van der Waals surface area contributed by atoms with Gasteiger partial charge in [0.25, 0.3) is 0 Å². The quantitative estimate of drug-likeness (QED) is 0.509. The molecule has 0 amide bonds. The summed E-state index contributed by atoms with van der Waals surface area (Å²) in [5.41, 5.74) is 2.79. The minimum absolute atomic E-state index is 0.114. The van der Waals surface area contributed by atoms with Gasteiger partial charge >= 0.3 is 11.9 Å². The molecule has 0 aromatic carbocycles. The normalized spacial score (nSPS) is 15.7. The number of esters is 1. The molecule has 0 aliphatic rings. The molecule has 0 aliphatic heterocycles. The Morgan fingerprint density at radius 2 is 1.75 bits per heavy atom. The van der Waals surface area contributed by atoms with E-state index < -0.39 is 23.1 Å². The lowest BCUT2D eigenvalue weighted by molar-refractivity contribution is -0.169. The van der Waals surface area contributed by atoms with E-state index in [-0.39, 0.29) is 6.54 Å². The Morgan fingerprint density at radius 1 is 1.31 bits per heavy atom. The number of hydrogen-bond acceptors (Lipinski definition) is 5. The van der Waals surface area contributed by atoms with E-state index in [1.807, 2.05) is 0 Å². The predicted octanol–water partition coefficient (Wildman–Crippen LogP) is -0.328. The lowest BCUT2D eigenvalue weighted by Crippen LogP contribution is -2.62. The van der Waals surface area contributed by atoms with Gasteiger partial charge in [0, 0.05) is 6.54 Å². The largest absolute Gasteiger partial charge is 0.479 e. The fourth-order valence-electron chi connectivity index (χ4n) is 1.09. The fraction of sp³-hybridized carbons (Fsp3) is 0.800. The molecule has 0 aliphatic carbocycles. The van der Waals surface area contributed by atoms with Crippen molar-refractivity contribution >= 4 is 11.9 Å². The molecule has 0 spiro atoms. The highest BCUT2D eigenvalue weighted by atomic mass is 16.6. The molecule has 0 aromatic rings. The van der Waals surface area contributed by atoms with Crippen molar-refractivity contribution in [3.8, 4) is 0 Å². The number of nitrogens with two attached hydrogens (primary N) is 1. The Labute approximate surface area is 95.4 Å². The van der Waals surface area contributed by atoms with Gasteiger partial charge in [-0.3, -0.25) is 0 Å². The highest BCUT2D eigenvalue weighted by Gasteiger charge is 2.45. The van der Waals surface area contributed by atoms with Crippen LogP contribution in [-0.2, 0) is 14.3 Å². The fourth-order valence-corrected chi connectivity index (χ4v) is 1.09. The minimum atomic E-state index is -2.03. The third-order valence-electron chi connectivity index (χ3n) is 1.71. The molecule has 1 unspecified atom stereocenters. The van der Waals surface area contributed by atoms with Crippen LogP contribution < -0.4 is 5.73 Å². The summed E-state index contributed by atoms with van der Waals surface area (Å²) >= 11 is 0. The molecule has 94 valence electrons. The lowest BCUT2D eigenvalue weighted by Gasteiger charge is -2.29. The van der Waals surface area contributed by atoms with Crippen molar-refractivity contribution in [1.29, 1.82) is 0 Å². The molecule has 0 saturated heterocycles. The van der Waals surface area contributed by atoms with Gasteiger partial charge in [0.2, 0.25) is 5.54 Å².